The van der Waals surface area contributed by atoms with Crippen LogP contribution >= 0.6 is 11.6 Å². The molecule has 1 atom stereocenters. The molecule has 0 fully saturated rings. The molecular weight excluding hydrogens is 284 g/mol. The van der Waals surface area contributed by atoms with E-state index in [1.54, 1.807) is 13.2 Å². The smallest absolute Gasteiger partial charge is 0.142 e. The van der Waals surface area contributed by atoms with Crippen molar-refractivity contribution >= 4 is 11.6 Å². The van der Waals surface area contributed by atoms with Crippen molar-refractivity contribution in [3.05, 3.63) is 64.2 Å². The molecule has 5 heteroatoms. The highest BCUT2D eigenvalue weighted by Crippen LogP contribution is 2.27. The van der Waals surface area contributed by atoms with Gasteiger partial charge in [-0.15, -0.1) is 0 Å². The normalized spacial score (nSPS) is 12.2. The molecular formula is C15H14ClF2NO. The van der Waals surface area contributed by atoms with Crippen LogP contribution in [0.5, 0.6) is 5.75 Å². The average molecular weight is 298 g/mol. The first kappa shape index (κ1) is 14.8. The molecule has 2 aromatic carbocycles. The van der Waals surface area contributed by atoms with Crippen LogP contribution in [0.3, 0.4) is 0 Å². The third-order valence-corrected chi connectivity index (χ3v) is 3.36. The highest BCUT2D eigenvalue weighted by molar-refractivity contribution is 6.30. The summed E-state index contributed by atoms with van der Waals surface area (Å²) in [5.74, 6) is -0.630. The van der Waals surface area contributed by atoms with Crippen LogP contribution in [0.2, 0.25) is 5.02 Å². The van der Waals surface area contributed by atoms with Gasteiger partial charge in [0.25, 0.3) is 0 Å². The summed E-state index contributed by atoms with van der Waals surface area (Å²) in [7, 11) is 1.55. The van der Waals surface area contributed by atoms with E-state index >= 15 is 0 Å². The Morgan fingerprint density at radius 1 is 1.20 bits per heavy atom. The molecule has 20 heavy (non-hydrogen) atoms. The number of ether oxygens (including phenoxy) is 1. The third-order valence-electron chi connectivity index (χ3n) is 3.07. The minimum Gasteiger partial charge on any atom is -0.496 e. The molecule has 0 saturated heterocycles. The van der Waals surface area contributed by atoms with Gasteiger partial charge < -0.3 is 10.5 Å². The molecule has 2 nitrogen and oxygen atoms in total. The van der Waals surface area contributed by atoms with Gasteiger partial charge in [0, 0.05) is 11.6 Å². The standard InChI is InChI=1S/C15H14ClF2NO/c1-20-15-5-3-2-4-9(15)6-14(19)10-7-13(18)11(16)8-12(10)17/h2-5,7-8,14H,6,19H2,1H3. The van der Waals surface area contributed by atoms with Crippen molar-refractivity contribution in [2.75, 3.05) is 7.11 Å². The third kappa shape index (κ3) is 3.08. The van der Waals surface area contributed by atoms with E-state index < -0.39 is 17.7 Å². The highest BCUT2D eigenvalue weighted by Gasteiger charge is 2.17. The fourth-order valence-corrected chi connectivity index (χ4v) is 2.19. The molecule has 0 amide bonds. The number of benzene rings is 2. The van der Waals surface area contributed by atoms with Gasteiger partial charge in [-0.3, -0.25) is 0 Å². The van der Waals surface area contributed by atoms with Gasteiger partial charge in [0.2, 0.25) is 0 Å². The van der Waals surface area contributed by atoms with E-state index in [9.17, 15) is 8.78 Å². The summed E-state index contributed by atoms with van der Waals surface area (Å²) in [6.07, 6.45) is 0.335. The maximum Gasteiger partial charge on any atom is 0.142 e. The van der Waals surface area contributed by atoms with Crippen molar-refractivity contribution in [3.63, 3.8) is 0 Å². The zero-order valence-electron chi connectivity index (χ0n) is 10.9. The number of halogens is 3. The van der Waals surface area contributed by atoms with E-state index in [0.29, 0.717) is 12.2 Å². The van der Waals surface area contributed by atoms with Crippen LogP contribution < -0.4 is 10.5 Å². The van der Waals surface area contributed by atoms with Gasteiger partial charge >= 0.3 is 0 Å². The van der Waals surface area contributed by atoms with Crippen molar-refractivity contribution in [1.29, 1.82) is 0 Å². The van der Waals surface area contributed by atoms with E-state index in [2.05, 4.69) is 0 Å². The maximum atomic E-state index is 13.8. The summed E-state index contributed by atoms with van der Waals surface area (Å²) < 4.78 is 32.4. The van der Waals surface area contributed by atoms with Crippen LogP contribution in [0, 0.1) is 11.6 Å². The van der Waals surface area contributed by atoms with Crippen molar-refractivity contribution in [2.45, 2.75) is 12.5 Å². The fourth-order valence-electron chi connectivity index (χ4n) is 2.04. The molecule has 0 radical (unpaired) electrons. The number of para-hydroxylation sites is 1. The molecule has 2 N–H and O–H groups in total. The minimum absolute atomic E-state index is 0.0952. The van der Waals surface area contributed by atoms with Gasteiger partial charge in [-0.2, -0.15) is 0 Å². The maximum absolute atomic E-state index is 13.8. The Hall–Kier alpha value is -1.65. The van der Waals surface area contributed by atoms with Crippen molar-refractivity contribution in [3.8, 4) is 5.75 Å². The predicted molar refractivity (Wildman–Crippen MR) is 75.0 cm³/mol. The molecule has 0 heterocycles. The largest absolute Gasteiger partial charge is 0.496 e. The molecule has 106 valence electrons. The Morgan fingerprint density at radius 3 is 2.60 bits per heavy atom. The molecule has 0 aliphatic heterocycles. The lowest BCUT2D eigenvalue weighted by Crippen LogP contribution is -2.16. The first-order valence-electron chi connectivity index (χ1n) is 6.05. The van der Waals surface area contributed by atoms with Gasteiger partial charge in [-0.1, -0.05) is 29.8 Å². The molecule has 2 rings (SSSR count). The number of rotatable bonds is 4. The van der Waals surface area contributed by atoms with Crippen LogP contribution in [0.4, 0.5) is 8.78 Å². The molecule has 2 aromatic rings. The van der Waals surface area contributed by atoms with Crippen LogP contribution in [0.1, 0.15) is 17.2 Å². The zero-order chi connectivity index (χ0) is 14.7. The topological polar surface area (TPSA) is 35.2 Å². The van der Waals surface area contributed by atoms with Crippen molar-refractivity contribution in [1.82, 2.24) is 0 Å². The second-order valence-electron chi connectivity index (χ2n) is 4.41. The summed E-state index contributed by atoms with van der Waals surface area (Å²) in [5.41, 5.74) is 6.89. The molecule has 0 aromatic heterocycles. The highest BCUT2D eigenvalue weighted by atomic mass is 35.5. The lowest BCUT2D eigenvalue weighted by atomic mass is 9.98. The Labute approximate surface area is 121 Å². The van der Waals surface area contributed by atoms with Crippen LogP contribution in [0.15, 0.2) is 36.4 Å². The Bertz CT molecular complexity index is 619. The van der Waals surface area contributed by atoms with E-state index in [-0.39, 0.29) is 10.6 Å². The SMILES string of the molecule is COc1ccccc1CC(N)c1cc(F)c(Cl)cc1F. The van der Waals surface area contributed by atoms with Crippen molar-refractivity contribution < 1.29 is 13.5 Å². The Morgan fingerprint density at radius 2 is 1.90 bits per heavy atom. The summed E-state index contributed by atoms with van der Waals surface area (Å²) in [6, 6.07) is 8.59. The van der Waals surface area contributed by atoms with Crippen LogP contribution in [-0.2, 0) is 6.42 Å². The van der Waals surface area contributed by atoms with E-state index in [4.69, 9.17) is 22.1 Å². The Balaban J connectivity index is 2.28. The number of hydrogen-bond acceptors (Lipinski definition) is 2. The molecule has 0 bridgehead atoms. The van der Waals surface area contributed by atoms with Gasteiger partial charge in [0.1, 0.15) is 17.4 Å². The minimum atomic E-state index is -0.682. The first-order valence-corrected chi connectivity index (χ1v) is 6.42. The lowest BCUT2D eigenvalue weighted by molar-refractivity contribution is 0.407. The van der Waals surface area contributed by atoms with Gasteiger partial charge in [-0.05, 0) is 30.2 Å². The summed E-state index contributed by atoms with van der Waals surface area (Å²) in [5, 5.41) is -0.254. The van der Waals surface area contributed by atoms with E-state index in [1.807, 2.05) is 18.2 Å². The second-order valence-corrected chi connectivity index (χ2v) is 4.82. The van der Waals surface area contributed by atoms with Crippen molar-refractivity contribution in [2.24, 2.45) is 5.73 Å². The summed E-state index contributed by atoms with van der Waals surface area (Å²) in [4.78, 5) is 0. The van der Waals surface area contributed by atoms with Crippen LogP contribution in [-0.4, -0.2) is 7.11 Å². The van der Waals surface area contributed by atoms with E-state index in [0.717, 1.165) is 17.7 Å². The Kier molecular flexibility index (Phi) is 4.57. The summed E-state index contributed by atoms with van der Waals surface area (Å²) >= 11 is 5.52. The van der Waals surface area contributed by atoms with Crippen LogP contribution in [0.25, 0.3) is 0 Å². The lowest BCUT2D eigenvalue weighted by Gasteiger charge is -2.15. The van der Waals surface area contributed by atoms with Gasteiger partial charge in [0.15, 0.2) is 0 Å². The molecule has 1 unspecified atom stereocenters. The quantitative estimate of drug-likeness (QED) is 0.870. The second kappa shape index (κ2) is 6.20. The molecule has 0 spiro atoms. The van der Waals surface area contributed by atoms with Gasteiger partial charge in [0.05, 0.1) is 12.1 Å². The van der Waals surface area contributed by atoms with Gasteiger partial charge in [-0.25, -0.2) is 8.78 Å². The first-order chi connectivity index (χ1) is 9.52. The predicted octanol–water partition coefficient (Wildman–Crippen LogP) is 3.87. The fraction of sp³-hybridized carbons (Fsp3) is 0.200. The number of methoxy groups -OCH3 is 1. The zero-order valence-corrected chi connectivity index (χ0v) is 11.6. The molecule has 0 aliphatic rings. The molecule has 0 aliphatic carbocycles. The molecule has 0 saturated carbocycles. The summed E-state index contributed by atoms with van der Waals surface area (Å²) in [6.45, 7) is 0. The monoisotopic (exact) mass is 297 g/mol. The average Bonchev–Trinajstić information content (AvgIpc) is 2.43. The number of hydrogen-bond donors (Lipinski definition) is 1. The number of nitrogens with two attached hydrogens (primary N) is 1. The van der Waals surface area contributed by atoms with E-state index in [1.165, 1.54) is 0 Å².